The third-order valence-electron chi connectivity index (χ3n) is 3.45. The van der Waals surface area contributed by atoms with Crippen LogP contribution in [0.15, 0.2) is 40.7 Å². The molecule has 2 aromatic heterocycles. The van der Waals surface area contributed by atoms with Crippen LogP contribution in [0.3, 0.4) is 0 Å². The van der Waals surface area contributed by atoms with E-state index in [-0.39, 0.29) is 11.5 Å². The Kier molecular flexibility index (Phi) is 4.50. The summed E-state index contributed by atoms with van der Waals surface area (Å²) in [6.45, 7) is 2.29. The Bertz CT molecular complexity index is 922. The Morgan fingerprint density at radius 3 is 2.42 bits per heavy atom. The van der Waals surface area contributed by atoms with E-state index in [0.29, 0.717) is 27.1 Å². The predicted molar refractivity (Wildman–Crippen MR) is 95.4 cm³/mol. The number of hydrogen-bond donors (Lipinski definition) is 2. The molecule has 0 bridgehead atoms. The van der Waals surface area contributed by atoms with Gasteiger partial charge in [0.1, 0.15) is 20.5 Å². The highest BCUT2D eigenvalue weighted by molar-refractivity contribution is 7.82. The molecule has 1 N–H and O–H groups in total. The lowest BCUT2D eigenvalue weighted by atomic mass is 10.1. The van der Waals surface area contributed by atoms with E-state index in [9.17, 15) is 9.59 Å². The average molecular weight is 359 g/mol. The Morgan fingerprint density at radius 2 is 1.79 bits per heavy atom. The van der Waals surface area contributed by atoms with Crippen LogP contribution in [0.25, 0.3) is 10.3 Å². The largest absolute Gasteiger partial charge is 0.478 e. The molecule has 3 rings (SSSR count). The van der Waals surface area contributed by atoms with E-state index in [4.69, 9.17) is 5.11 Å². The van der Waals surface area contributed by atoms with E-state index >= 15 is 0 Å². The predicted octanol–water partition coefficient (Wildman–Crippen LogP) is 3.34. The van der Waals surface area contributed by atoms with E-state index in [0.717, 1.165) is 5.52 Å². The van der Waals surface area contributed by atoms with Crippen LogP contribution in [0.2, 0.25) is 0 Å². The molecule has 1 amide bonds. The summed E-state index contributed by atoms with van der Waals surface area (Å²) in [6, 6.07) is 9.38. The summed E-state index contributed by atoms with van der Waals surface area (Å²) in [5, 5.41) is 8.93. The van der Waals surface area contributed by atoms with Crippen LogP contribution in [0.4, 0.5) is 5.82 Å². The second-order valence-electron chi connectivity index (χ2n) is 4.92. The lowest BCUT2D eigenvalue weighted by Gasteiger charge is -2.20. The van der Waals surface area contributed by atoms with Crippen LogP contribution in [0.5, 0.6) is 0 Å². The van der Waals surface area contributed by atoms with E-state index in [1.807, 2.05) is 6.92 Å². The zero-order valence-electron chi connectivity index (χ0n) is 12.6. The molecule has 0 unspecified atom stereocenters. The number of carboxylic acids is 1. The summed E-state index contributed by atoms with van der Waals surface area (Å²) >= 11 is 5.56. The number of benzene rings is 1. The van der Waals surface area contributed by atoms with E-state index < -0.39 is 5.97 Å². The third kappa shape index (κ3) is 3.10. The fourth-order valence-corrected chi connectivity index (χ4v) is 3.31. The van der Waals surface area contributed by atoms with Gasteiger partial charge in [0, 0.05) is 12.1 Å². The van der Waals surface area contributed by atoms with E-state index in [1.165, 1.54) is 40.5 Å². The number of carbonyl (C=O) groups excluding carboxylic acids is 1. The van der Waals surface area contributed by atoms with Gasteiger partial charge >= 0.3 is 5.97 Å². The normalized spacial score (nSPS) is 10.8. The molecular formula is C16H13N3O3S2. The Balaban J connectivity index is 1.93. The summed E-state index contributed by atoms with van der Waals surface area (Å²) in [5.41, 5.74) is 1.28. The standard InChI is InChI=1S/C16H13N3O3S2/c1-2-19(12-8-7-11-13(18-12)24-16(23)17-11)14(20)9-3-5-10(6-4-9)15(21)22/h3-8H,2H2,1H3,(H,17,23)(H,21,22). The number of aromatic carboxylic acids is 1. The van der Waals surface area contributed by atoms with Crippen molar-refractivity contribution in [3.05, 3.63) is 47.5 Å². The maximum Gasteiger partial charge on any atom is 0.335 e. The maximum atomic E-state index is 12.7. The van der Waals surface area contributed by atoms with Crippen LogP contribution in [-0.2, 0) is 0 Å². The zero-order valence-corrected chi connectivity index (χ0v) is 14.3. The number of nitrogens with zero attached hydrogens (tertiary/aromatic N) is 3. The van der Waals surface area contributed by atoms with Crippen LogP contribution < -0.4 is 4.90 Å². The average Bonchev–Trinajstić information content (AvgIpc) is 2.95. The second kappa shape index (κ2) is 6.58. The van der Waals surface area contributed by atoms with Gasteiger partial charge in [0.25, 0.3) is 5.91 Å². The molecule has 0 spiro atoms. The monoisotopic (exact) mass is 359 g/mol. The van der Waals surface area contributed by atoms with Crippen molar-refractivity contribution in [2.24, 2.45) is 0 Å². The zero-order chi connectivity index (χ0) is 17.3. The number of amides is 1. The number of pyridine rings is 1. The highest BCUT2D eigenvalue weighted by atomic mass is 32.2. The fourth-order valence-electron chi connectivity index (χ4n) is 2.27. The molecule has 0 atom stereocenters. The molecule has 0 fully saturated rings. The van der Waals surface area contributed by atoms with Crippen molar-refractivity contribution in [1.29, 1.82) is 0 Å². The SMILES string of the molecule is CCN(C(=O)c1ccc(C(=O)O)cc1)c1ccc2nc(S)sc2n1. The number of thiazole rings is 1. The van der Waals surface area contributed by atoms with Gasteiger partial charge in [0.05, 0.1) is 5.56 Å². The molecule has 6 nitrogen and oxygen atoms in total. The Hall–Kier alpha value is -2.45. The van der Waals surface area contributed by atoms with Crippen molar-refractivity contribution in [3.63, 3.8) is 0 Å². The van der Waals surface area contributed by atoms with Crippen LogP contribution in [0, 0.1) is 0 Å². The van der Waals surface area contributed by atoms with E-state index in [2.05, 4.69) is 22.6 Å². The van der Waals surface area contributed by atoms with Gasteiger partial charge in [-0.25, -0.2) is 14.8 Å². The first-order chi connectivity index (χ1) is 11.5. The number of hydrogen-bond acceptors (Lipinski definition) is 6. The summed E-state index contributed by atoms with van der Waals surface area (Å²) < 4.78 is 0.619. The van der Waals surface area contributed by atoms with Gasteiger partial charge < -0.3 is 5.11 Å². The van der Waals surface area contributed by atoms with Crippen LogP contribution in [0.1, 0.15) is 27.6 Å². The molecule has 0 aliphatic heterocycles. The molecule has 0 saturated carbocycles. The van der Waals surface area contributed by atoms with Crippen LogP contribution in [-0.4, -0.2) is 33.5 Å². The number of aromatic nitrogens is 2. The van der Waals surface area contributed by atoms with Crippen molar-refractivity contribution in [2.45, 2.75) is 11.3 Å². The lowest BCUT2D eigenvalue weighted by molar-refractivity contribution is 0.0696. The number of thiol groups is 1. The van der Waals surface area contributed by atoms with Gasteiger partial charge in [-0.05, 0) is 43.3 Å². The number of fused-ring (bicyclic) bond motifs is 1. The number of anilines is 1. The van der Waals surface area contributed by atoms with E-state index in [1.54, 1.807) is 12.1 Å². The van der Waals surface area contributed by atoms with Gasteiger partial charge in [-0.3, -0.25) is 9.69 Å². The third-order valence-corrected chi connectivity index (χ3v) is 4.59. The Labute approximate surface area is 147 Å². The maximum absolute atomic E-state index is 12.7. The van der Waals surface area contributed by atoms with Crippen molar-refractivity contribution in [1.82, 2.24) is 9.97 Å². The first kappa shape index (κ1) is 16.4. The minimum absolute atomic E-state index is 0.139. The van der Waals surface area contributed by atoms with Crippen molar-refractivity contribution >= 4 is 52.0 Å². The number of carbonyl (C=O) groups is 2. The highest BCUT2D eigenvalue weighted by Crippen LogP contribution is 2.26. The Morgan fingerprint density at radius 1 is 1.12 bits per heavy atom. The first-order valence-corrected chi connectivity index (χ1v) is 8.37. The topological polar surface area (TPSA) is 83.4 Å². The van der Waals surface area contributed by atoms with Gasteiger partial charge in [0.15, 0.2) is 0 Å². The summed E-state index contributed by atoms with van der Waals surface area (Å²) in [7, 11) is 0. The summed E-state index contributed by atoms with van der Waals surface area (Å²) in [6.07, 6.45) is 0. The molecular weight excluding hydrogens is 346 g/mol. The molecule has 3 aromatic rings. The molecule has 24 heavy (non-hydrogen) atoms. The van der Waals surface area contributed by atoms with Gasteiger partial charge in [-0.1, -0.05) is 11.3 Å². The van der Waals surface area contributed by atoms with Crippen molar-refractivity contribution in [2.75, 3.05) is 11.4 Å². The fraction of sp³-hybridized carbons (Fsp3) is 0.125. The van der Waals surface area contributed by atoms with Crippen LogP contribution >= 0.6 is 24.0 Å². The molecule has 0 radical (unpaired) electrons. The number of rotatable bonds is 4. The summed E-state index contributed by atoms with van der Waals surface area (Å²) in [4.78, 5) is 34.6. The van der Waals surface area contributed by atoms with Crippen molar-refractivity contribution in [3.8, 4) is 0 Å². The summed E-state index contributed by atoms with van der Waals surface area (Å²) in [5.74, 6) is -0.743. The highest BCUT2D eigenvalue weighted by Gasteiger charge is 2.18. The smallest absolute Gasteiger partial charge is 0.335 e. The minimum Gasteiger partial charge on any atom is -0.478 e. The molecule has 8 heteroatoms. The van der Waals surface area contributed by atoms with Gasteiger partial charge in [-0.2, -0.15) is 0 Å². The molecule has 2 heterocycles. The molecule has 0 saturated heterocycles. The van der Waals surface area contributed by atoms with Crippen molar-refractivity contribution < 1.29 is 14.7 Å². The molecule has 122 valence electrons. The molecule has 1 aromatic carbocycles. The molecule has 0 aliphatic carbocycles. The minimum atomic E-state index is -1.03. The lowest BCUT2D eigenvalue weighted by Crippen LogP contribution is -2.31. The second-order valence-corrected chi connectivity index (χ2v) is 6.63. The van der Waals surface area contributed by atoms with Gasteiger partial charge in [0.2, 0.25) is 0 Å². The van der Waals surface area contributed by atoms with Gasteiger partial charge in [-0.15, -0.1) is 12.6 Å². The first-order valence-electron chi connectivity index (χ1n) is 7.11. The molecule has 0 aliphatic rings. The number of carboxylic acid groups (broad SMARTS) is 1. The quantitative estimate of drug-likeness (QED) is 0.698.